The summed E-state index contributed by atoms with van der Waals surface area (Å²) in [6.07, 6.45) is 0. The van der Waals surface area contributed by atoms with Crippen LogP contribution < -0.4 is 10.1 Å². The molecule has 2 aromatic carbocycles. The number of anilines is 1. The Bertz CT molecular complexity index is 710. The largest absolute Gasteiger partial charge is 0.495 e. The van der Waals surface area contributed by atoms with Crippen molar-refractivity contribution < 1.29 is 9.13 Å². The van der Waals surface area contributed by atoms with Gasteiger partial charge in [-0.15, -0.1) is 0 Å². The molecule has 0 heterocycles. The van der Waals surface area contributed by atoms with Gasteiger partial charge in [0, 0.05) is 17.6 Å². The number of hydrogen-bond acceptors (Lipinski definition) is 3. The van der Waals surface area contributed by atoms with E-state index in [2.05, 4.69) is 5.32 Å². The first kappa shape index (κ1) is 15.1. The molecule has 0 aromatic heterocycles. The van der Waals surface area contributed by atoms with E-state index in [1.165, 1.54) is 12.1 Å². The standard InChI is InChI=1S/C16H14ClFN2O/c1-10-5-15(16(21-2)7-13(10)17)20-9-11-3-4-14(18)12(6-11)8-19/h3-7,20H,9H2,1-2H3. The molecule has 5 heteroatoms. The highest BCUT2D eigenvalue weighted by Gasteiger charge is 2.08. The molecule has 0 spiro atoms. The summed E-state index contributed by atoms with van der Waals surface area (Å²) in [5.41, 5.74) is 2.56. The lowest BCUT2D eigenvalue weighted by atomic mass is 10.1. The van der Waals surface area contributed by atoms with Gasteiger partial charge in [0.15, 0.2) is 0 Å². The number of benzene rings is 2. The quantitative estimate of drug-likeness (QED) is 0.917. The summed E-state index contributed by atoms with van der Waals surface area (Å²) in [5, 5.41) is 12.7. The summed E-state index contributed by atoms with van der Waals surface area (Å²) in [4.78, 5) is 0. The lowest BCUT2D eigenvalue weighted by Crippen LogP contribution is -2.02. The maximum atomic E-state index is 13.3. The number of hydrogen-bond donors (Lipinski definition) is 1. The lowest BCUT2D eigenvalue weighted by molar-refractivity contribution is 0.416. The van der Waals surface area contributed by atoms with Crippen molar-refractivity contribution in [3.8, 4) is 11.8 Å². The van der Waals surface area contributed by atoms with Crippen molar-refractivity contribution >= 4 is 17.3 Å². The van der Waals surface area contributed by atoms with Crippen LogP contribution in [0.4, 0.5) is 10.1 Å². The zero-order chi connectivity index (χ0) is 15.4. The smallest absolute Gasteiger partial charge is 0.143 e. The Kier molecular flexibility index (Phi) is 4.66. The van der Waals surface area contributed by atoms with Crippen LogP contribution in [0.3, 0.4) is 0 Å². The van der Waals surface area contributed by atoms with Crippen LogP contribution >= 0.6 is 11.6 Å². The number of nitriles is 1. The van der Waals surface area contributed by atoms with Crippen molar-refractivity contribution in [3.63, 3.8) is 0 Å². The molecule has 0 saturated carbocycles. The van der Waals surface area contributed by atoms with Gasteiger partial charge in [-0.3, -0.25) is 0 Å². The molecule has 0 unspecified atom stereocenters. The molecular formula is C16H14ClFN2O. The summed E-state index contributed by atoms with van der Waals surface area (Å²) < 4.78 is 18.5. The maximum absolute atomic E-state index is 13.3. The molecule has 0 aliphatic rings. The Morgan fingerprint density at radius 3 is 2.76 bits per heavy atom. The van der Waals surface area contributed by atoms with E-state index in [-0.39, 0.29) is 5.56 Å². The molecular weight excluding hydrogens is 291 g/mol. The first-order valence-electron chi connectivity index (χ1n) is 6.31. The SMILES string of the molecule is COc1cc(Cl)c(C)cc1NCc1ccc(F)c(C#N)c1. The molecule has 0 atom stereocenters. The number of aryl methyl sites for hydroxylation is 1. The Hall–Kier alpha value is -2.25. The highest BCUT2D eigenvalue weighted by atomic mass is 35.5. The first-order valence-corrected chi connectivity index (χ1v) is 6.69. The molecule has 0 saturated heterocycles. The maximum Gasteiger partial charge on any atom is 0.143 e. The minimum absolute atomic E-state index is 0.0357. The highest BCUT2D eigenvalue weighted by Crippen LogP contribution is 2.31. The Morgan fingerprint density at radius 1 is 1.33 bits per heavy atom. The summed E-state index contributed by atoms with van der Waals surface area (Å²) in [7, 11) is 1.57. The number of halogens is 2. The summed E-state index contributed by atoms with van der Waals surface area (Å²) >= 11 is 6.05. The topological polar surface area (TPSA) is 45.0 Å². The average molecular weight is 305 g/mol. The molecule has 1 N–H and O–H groups in total. The van der Waals surface area contributed by atoms with Gasteiger partial charge in [-0.2, -0.15) is 5.26 Å². The van der Waals surface area contributed by atoms with Crippen LogP contribution in [-0.2, 0) is 6.54 Å². The number of ether oxygens (including phenoxy) is 1. The van der Waals surface area contributed by atoms with Gasteiger partial charge < -0.3 is 10.1 Å². The third-order valence-electron chi connectivity index (χ3n) is 3.11. The number of methoxy groups -OCH3 is 1. The fourth-order valence-electron chi connectivity index (χ4n) is 1.94. The van der Waals surface area contributed by atoms with E-state index in [0.717, 1.165) is 16.8 Å². The van der Waals surface area contributed by atoms with E-state index in [1.54, 1.807) is 19.2 Å². The first-order chi connectivity index (χ1) is 10.0. The second-order valence-corrected chi connectivity index (χ2v) is 4.99. The van der Waals surface area contributed by atoms with Crippen LogP contribution in [0.25, 0.3) is 0 Å². The van der Waals surface area contributed by atoms with Crippen LogP contribution in [-0.4, -0.2) is 7.11 Å². The molecule has 108 valence electrons. The van der Waals surface area contributed by atoms with Crippen LogP contribution in [0.2, 0.25) is 5.02 Å². The number of rotatable bonds is 4. The van der Waals surface area contributed by atoms with Crippen LogP contribution in [0.5, 0.6) is 5.75 Å². The Labute approximate surface area is 127 Å². The molecule has 3 nitrogen and oxygen atoms in total. The van der Waals surface area contributed by atoms with E-state index in [1.807, 2.05) is 19.1 Å². The predicted octanol–water partition coefficient (Wildman–Crippen LogP) is 4.28. The van der Waals surface area contributed by atoms with Gasteiger partial charge in [-0.05, 0) is 36.2 Å². The third kappa shape index (κ3) is 3.45. The van der Waals surface area contributed by atoms with Crippen molar-refractivity contribution in [2.75, 3.05) is 12.4 Å². The molecule has 0 aliphatic carbocycles. The molecule has 0 radical (unpaired) electrons. The van der Waals surface area contributed by atoms with Crippen molar-refractivity contribution in [1.29, 1.82) is 5.26 Å². The van der Waals surface area contributed by atoms with E-state index in [9.17, 15) is 4.39 Å². The zero-order valence-corrected chi connectivity index (χ0v) is 12.5. The highest BCUT2D eigenvalue weighted by molar-refractivity contribution is 6.31. The van der Waals surface area contributed by atoms with Gasteiger partial charge in [0.2, 0.25) is 0 Å². The second-order valence-electron chi connectivity index (χ2n) is 4.58. The molecule has 0 amide bonds. The monoisotopic (exact) mass is 304 g/mol. The molecule has 21 heavy (non-hydrogen) atoms. The summed E-state index contributed by atoms with van der Waals surface area (Å²) in [5.74, 6) is 0.120. The van der Waals surface area contributed by atoms with Crippen LogP contribution in [0.15, 0.2) is 30.3 Å². The Balaban J connectivity index is 2.20. The van der Waals surface area contributed by atoms with Gasteiger partial charge in [0.25, 0.3) is 0 Å². The molecule has 0 bridgehead atoms. The number of nitrogens with one attached hydrogen (secondary N) is 1. The van der Waals surface area contributed by atoms with Crippen molar-refractivity contribution in [2.24, 2.45) is 0 Å². The van der Waals surface area contributed by atoms with Crippen LogP contribution in [0, 0.1) is 24.1 Å². The average Bonchev–Trinajstić information content (AvgIpc) is 2.49. The Morgan fingerprint density at radius 2 is 2.10 bits per heavy atom. The molecule has 0 fully saturated rings. The van der Waals surface area contributed by atoms with Gasteiger partial charge in [0.1, 0.15) is 17.6 Å². The van der Waals surface area contributed by atoms with Crippen molar-refractivity contribution in [1.82, 2.24) is 0 Å². The fourth-order valence-corrected chi connectivity index (χ4v) is 2.09. The summed E-state index contributed by atoms with van der Waals surface area (Å²) in [6.45, 7) is 2.35. The van der Waals surface area contributed by atoms with E-state index < -0.39 is 5.82 Å². The number of nitrogens with zero attached hydrogens (tertiary/aromatic N) is 1. The normalized spacial score (nSPS) is 10.0. The van der Waals surface area contributed by atoms with Crippen molar-refractivity contribution in [2.45, 2.75) is 13.5 Å². The van der Waals surface area contributed by atoms with Crippen molar-refractivity contribution in [3.05, 3.63) is 57.9 Å². The van der Waals surface area contributed by atoms with Gasteiger partial charge in [-0.25, -0.2) is 4.39 Å². The van der Waals surface area contributed by atoms with E-state index in [4.69, 9.17) is 21.6 Å². The summed E-state index contributed by atoms with van der Waals surface area (Å²) in [6, 6.07) is 9.91. The van der Waals surface area contributed by atoms with E-state index in [0.29, 0.717) is 17.3 Å². The molecule has 0 aliphatic heterocycles. The van der Waals surface area contributed by atoms with Gasteiger partial charge in [0.05, 0.1) is 18.4 Å². The second kappa shape index (κ2) is 6.47. The minimum atomic E-state index is -0.513. The fraction of sp³-hybridized carbons (Fsp3) is 0.188. The third-order valence-corrected chi connectivity index (χ3v) is 3.52. The zero-order valence-electron chi connectivity index (χ0n) is 11.7. The lowest BCUT2D eigenvalue weighted by Gasteiger charge is -2.13. The molecule has 2 rings (SSSR count). The minimum Gasteiger partial charge on any atom is -0.495 e. The van der Waals surface area contributed by atoms with Crippen LogP contribution in [0.1, 0.15) is 16.7 Å². The van der Waals surface area contributed by atoms with Gasteiger partial charge in [-0.1, -0.05) is 17.7 Å². The van der Waals surface area contributed by atoms with Gasteiger partial charge >= 0.3 is 0 Å². The van der Waals surface area contributed by atoms with E-state index >= 15 is 0 Å². The molecule has 2 aromatic rings. The predicted molar refractivity (Wildman–Crippen MR) is 81.2 cm³/mol.